The summed E-state index contributed by atoms with van der Waals surface area (Å²) in [4.78, 5) is 29.0. The normalized spacial score (nSPS) is 10.7. The number of nitrogens with zero attached hydrogens (tertiary/aromatic N) is 2. The SMILES string of the molecule is Cc1ccc(NC(=O)Nc2ccc(OCc3cc(=O)n4cccc(C)c4n3)cc2)cc1Cl. The van der Waals surface area contributed by atoms with Crippen LogP contribution in [0.15, 0.2) is 71.7 Å². The molecule has 4 rings (SSSR count). The first-order chi connectivity index (χ1) is 15.4. The van der Waals surface area contributed by atoms with Gasteiger partial charge < -0.3 is 15.4 Å². The summed E-state index contributed by atoms with van der Waals surface area (Å²) in [6.07, 6.45) is 1.69. The zero-order chi connectivity index (χ0) is 22.7. The molecule has 7 nitrogen and oxygen atoms in total. The summed E-state index contributed by atoms with van der Waals surface area (Å²) < 4.78 is 7.27. The van der Waals surface area contributed by atoms with E-state index in [-0.39, 0.29) is 18.2 Å². The van der Waals surface area contributed by atoms with Crippen molar-refractivity contribution < 1.29 is 9.53 Å². The van der Waals surface area contributed by atoms with Gasteiger partial charge in [-0.1, -0.05) is 23.7 Å². The van der Waals surface area contributed by atoms with E-state index in [0.29, 0.717) is 33.5 Å². The van der Waals surface area contributed by atoms with Crippen molar-refractivity contribution >= 4 is 34.7 Å². The predicted octanol–water partition coefficient (Wildman–Crippen LogP) is 5.19. The minimum absolute atomic E-state index is 0.154. The zero-order valence-corrected chi connectivity index (χ0v) is 18.3. The van der Waals surface area contributed by atoms with Gasteiger partial charge in [0.15, 0.2) is 0 Å². The lowest BCUT2D eigenvalue weighted by molar-refractivity contribution is 0.262. The van der Waals surface area contributed by atoms with Gasteiger partial charge in [-0.3, -0.25) is 9.20 Å². The van der Waals surface area contributed by atoms with Gasteiger partial charge in [0, 0.05) is 28.7 Å². The number of halogens is 1. The van der Waals surface area contributed by atoms with Gasteiger partial charge in [-0.05, 0) is 67.4 Å². The molecule has 0 saturated carbocycles. The van der Waals surface area contributed by atoms with Crippen LogP contribution in [-0.4, -0.2) is 15.4 Å². The molecule has 0 radical (unpaired) electrons. The molecule has 2 N–H and O–H groups in total. The van der Waals surface area contributed by atoms with Crippen LogP contribution in [0.4, 0.5) is 16.2 Å². The number of benzene rings is 2. The van der Waals surface area contributed by atoms with Gasteiger partial charge in [0.2, 0.25) is 0 Å². The molecule has 0 bridgehead atoms. The molecular formula is C24H21ClN4O3. The average molecular weight is 449 g/mol. The Morgan fingerprint density at radius 1 is 1.00 bits per heavy atom. The van der Waals surface area contributed by atoms with Gasteiger partial charge in [-0.2, -0.15) is 0 Å². The molecule has 0 saturated heterocycles. The fraction of sp³-hybridized carbons (Fsp3) is 0.125. The predicted molar refractivity (Wildman–Crippen MR) is 126 cm³/mol. The Bertz CT molecular complexity index is 1350. The Labute approximate surface area is 189 Å². The molecule has 8 heteroatoms. The van der Waals surface area contributed by atoms with Crippen LogP contribution in [-0.2, 0) is 6.61 Å². The number of amides is 2. The summed E-state index contributed by atoms with van der Waals surface area (Å²) >= 11 is 6.09. The van der Waals surface area contributed by atoms with E-state index >= 15 is 0 Å². The first-order valence-electron chi connectivity index (χ1n) is 9.94. The Morgan fingerprint density at radius 2 is 1.72 bits per heavy atom. The fourth-order valence-corrected chi connectivity index (χ4v) is 3.32. The molecule has 162 valence electrons. The molecule has 32 heavy (non-hydrogen) atoms. The number of anilines is 2. The van der Waals surface area contributed by atoms with Gasteiger partial charge in [0.25, 0.3) is 5.56 Å². The summed E-state index contributed by atoms with van der Waals surface area (Å²) in [6.45, 7) is 3.95. The number of fused-ring (bicyclic) bond motifs is 1. The van der Waals surface area contributed by atoms with Crippen LogP contribution in [0.25, 0.3) is 5.65 Å². The number of pyridine rings is 1. The van der Waals surface area contributed by atoms with E-state index < -0.39 is 0 Å². The highest BCUT2D eigenvalue weighted by molar-refractivity contribution is 6.31. The average Bonchev–Trinajstić information content (AvgIpc) is 2.76. The molecule has 0 aliphatic carbocycles. The lowest BCUT2D eigenvalue weighted by Gasteiger charge is -2.10. The highest BCUT2D eigenvalue weighted by Gasteiger charge is 2.07. The van der Waals surface area contributed by atoms with E-state index in [1.54, 1.807) is 42.6 Å². The maximum Gasteiger partial charge on any atom is 0.323 e. The lowest BCUT2D eigenvalue weighted by atomic mass is 10.2. The molecule has 0 aliphatic heterocycles. The third kappa shape index (κ3) is 4.90. The molecule has 0 aliphatic rings. The minimum Gasteiger partial charge on any atom is -0.487 e. The number of carbonyl (C=O) groups excluding carboxylic acids is 1. The molecule has 0 fully saturated rings. The van der Waals surface area contributed by atoms with Crippen molar-refractivity contribution in [1.29, 1.82) is 0 Å². The number of hydrogen-bond acceptors (Lipinski definition) is 4. The molecule has 2 aromatic carbocycles. The van der Waals surface area contributed by atoms with Crippen LogP contribution < -0.4 is 20.9 Å². The second-order valence-electron chi connectivity index (χ2n) is 7.33. The molecule has 2 heterocycles. The number of hydrogen-bond donors (Lipinski definition) is 2. The molecule has 2 aromatic heterocycles. The second kappa shape index (κ2) is 9.11. The first kappa shape index (κ1) is 21.4. The Balaban J connectivity index is 1.37. The number of ether oxygens (including phenoxy) is 1. The van der Waals surface area contributed by atoms with Crippen LogP contribution in [0.2, 0.25) is 5.02 Å². The van der Waals surface area contributed by atoms with Gasteiger partial charge in [0.05, 0.1) is 5.69 Å². The van der Waals surface area contributed by atoms with Crippen LogP contribution in [0.5, 0.6) is 5.75 Å². The van der Waals surface area contributed by atoms with E-state index in [4.69, 9.17) is 16.3 Å². The van der Waals surface area contributed by atoms with Crippen LogP contribution in [0, 0.1) is 13.8 Å². The summed E-state index contributed by atoms with van der Waals surface area (Å²) in [5.41, 5.74) is 4.05. The number of aryl methyl sites for hydroxylation is 2. The topological polar surface area (TPSA) is 84.7 Å². The number of nitrogens with one attached hydrogen (secondary N) is 2. The Kier molecular flexibility index (Phi) is 6.09. The van der Waals surface area contributed by atoms with E-state index in [0.717, 1.165) is 11.1 Å². The van der Waals surface area contributed by atoms with Crippen LogP contribution in [0.1, 0.15) is 16.8 Å². The Hall–Kier alpha value is -3.84. The monoisotopic (exact) mass is 448 g/mol. The molecule has 0 atom stereocenters. The van der Waals surface area contributed by atoms with Crippen molar-refractivity contribution in [1.82, 2.24) is 9.38 Å². The van der Waals surface area contributed by atoms with E-state index in [2.05, 4.69) is 15.6 Å². The quantitative estimate of drug-likeness (QED) is 0.440. The van der Waals surface area contributed by atoms with Crippen molar-refractivity contribution in [2.75, 3.05) is 10.6 Å². The highest BCUT2D eigenvalue weighted by Crippen LogP contribution is 2.21. The van der Waals surface area contributed by atoms with Crippen molar-refractivity contribution in [2.24, 2.45) is 0 Å². The Morgan fingerprint density at radius 3 is 2.47 bits per heavy atom. The van der Waals surface area contributed by atoms with Gasteiger partial charge in [-0.25, -0.2) is 9.78 Å². The zero-order valence-electron chi connectivity index (χ0n) is 17.6. The van der Waals surface area contributed by atoms with Gasteiger partial charge in [0.1, 0.15) is 18.0 Å². The van der Waals surface area contributed by atoms with Crippen molar-refractivity contribution in [3.05, 3.63) is 99.1 Å². The van der Waals surface area contributed by atoms with Crippen LogP contribution in [0.3, 0.4) is 0 Å². The number of rotatable bonds is 5. The number of carbonyl (C=O) groups is 1. The largest absolute Gasteiger partial charge is 0.487 e. The molecular weight excluding hydrogens is 428 g/mol. The first-order valence-corrected chi connectivity index (χ1v) is 10.3. The van der Waals surface area contributed by atoms with Crippen molar-refractivity contribution in [3.8, 4) is 5.75 Å². The summed E-state index contributed by atoms with van der Waals surface area (Å²) in [6, 6.07) is 17.0. The maximum atomic E-state index is 12.3. The number of urea groups is 1. The van der Waals surface area contributed by atoms with E-state index in [1.807, 2.05) is 32.0 Å². The lowest BCUT2D eigenvalue weighted by Crippen LogP contribution is -2.19. The number of aromatic nitrogens is 2. The second-order valence-corrected chi connectivity index (χ2v) is 7.73. The smallest absolute Gasteiger partial charge is 0.323 e. The van der Waals surface area contributed by atoms with Gasteiger partial charge >= 0.3 is 6.03 Å². The molecule has 0 unspecified atom stereocenters. The summed E-state index contributed by atoms with van der Waals surface area (Å²) in [5, 5.41) is 6.08. The van der Waals surface area contributed by atoms with Crippen molar-refractivity contribution in [2.45, 2.75) is 20.5 Å². The third-order valence-electron chi connectivity index (χ3n) is 4.87. The van der Waals surface area contributed by atoms with Gasteiger partial charge in [-0.15, -0.1) is 0 Å². The summed E-state index contributed by atoms with van der Waals surface area (Å²) in [5.74, 6) is 0.591. The molecule has 0 spiro atoms. The van der Waals surface area contributed by atoms with Crippen LogP contribution >= 0.6 is 11.6 Å². The van der Waals surface area contributed by atoms with E-state index in [1.165, 1.54) is 10.5 Å². The fourth-order valence-electron chi connectivity index (χ4n) is 3.14. The maximum absolute atomic E-state index is 12.3. The highest BCUT2D eigenvalue weighted by atomic mass is 35.5. The van der Waals surface area contributed by atoms with Crippen molar-refractivity contribution in [3.63, 3.8) is 0 Å². The standard InChI is InChI=1S/C24H21ClN4O3/c1-15-5-6-18(12-21(15)25)28-24(31)27-17-7-9-20(10-8-17)32-14-19-13-22(30)29-11-3-4-16(2)23(29)26-19/h3-13H,14H2,1-2H3,(H2,27,28,31). The molecule has 4 aromatic rings. The molecule has 2 amide bonds. The minimum atomic E-state index is -0.380. The van der Waals surface area contributed by atoms with E-state index in [9.17, 15) is 9.59 Å². The third-order valence-corrected chi connectivity index (χ3v) is 5.28. The summed E-state index contributed by atoms with van der Waals surface area (Å²) in [7, 11) is 0.